The lowest BCUT2D eigenvalue weighted by molar-refractivity contribution is 1.05. The Morgan fingerprint density at radius 3 is 2.60 bits per heavy atom. The Labute approximate surface area is 87.4 Å². The van der Waals surface area contributed by atoms with Crippen molar-refractivity contribution in [2.24, 2.45) is 5.84 Å². The fourth-order valence-electron chi connectivity index (χ4n) is 1.31. The van der Waals surface area contributed by atoms with Crippen LogP contribution in [0.4, 0.5) is 5.82 Å². The summed E-state index contributed by atoms with van der Waals surface area (Å²) in [4.78, 5) is 12.4. The molecule has 0 saturated carbocycles. The van der Waals surface area contributed by atoms with E-state index >= 15 is 0 Å². The van der Waals surface area contributed by atoms with Gasteiger partial charge in [0.2, 0.25) is 0 Å². The SMILES string of the molecule is Cc1nc(NN)cc(-c2ccncc2)n1. The molecule has 0 fully saturated rings. The molecule has 0 aliphatic carbocycles. The third kappa shape index (κ3) is 2.08. The fraction of sp³-hybridized carbons (Fsp3) is 0.100. The number of aromatic nitrogens is 3. The largest absolute Gasteiger partial charge is 0.308 e. The summed E-state index contributed by atoms with van der Waals surface area (Å²) in [5, 5.41) is 0. The molecular formula is C10H11N5. The van der Waals surface area contributed by atoms with Gasteiger partial charge >= 0.3 is 0 Å². The number of nitrogens with one attached hydrogen (secondary N) is 1. The van der Waals surface area contributed by atoms with Crippen molar-refractivity contribution in [1.82, 2.24) is 15.0 Å². The molecule has 0 spiro atoms. The molecule has 5 heteroatoms. The van der Waals surface area contributed by atoms with Gasteiger partial charge in [0.15, 0.2) is 0 Å². The van der Waals surface area contributed by atoms with Crippen molar-refractivity contribution in [1.29, 1.82) is 0 Å². The molecule has 2 aromatic rings. The first-order valence-electron chi connectivity index (χ1n) is 4.52. The first kappa shape index (κ1) is 9.54. The van der Waals surface area contributed by atoms with E-state index in [0.717, 1.165) is 11.3 Å². The summed E-state index contributed by atoms with van der Waals surface area (Å²) in [6, 6.07) is 5.58. The van der Waals surface area contributed by atoms with E-state index in [-0.39, 0.29) is 0 Å². The smallest absolute Gasteiger partial charge is 0.144 e. The van der Waals surface area contributed by atoms with E-state index in [1.165, 1.54) is 0 Å². The van der Waals surface area contributed by atoms with Gasteiger partial charge in [-0.3, -0.25) is 4.98 Å². The summed E-state index contributed by atoms with van der Waals surface area (Å²) in [5.41, 5.74) is 4.34. The second kappa shape index (κ2) is 4.02. The first-order valence-corrected chi connectivity index (χ1v) is 4.52. The third-order valence-electron chi connectivity index (χ3n) is 1.96. The first-order chi connectivity index (χ1) is 7.29. The summed E-state index contributed by atoms with van der Waals surface area (Å²) >= 11 is 0. The van der Waals surface area contributed by atoms with Crippen LogP contribution in [0.5, 0.6) is 0 Å². The van der Waals surface area contributed by atoms with Crippen molar-refractivity contribution >= 4 is 5.82 Å². The van der Waals surface area contributed by atoms with Gasteiger partial charge in [0.25, 0.3) is 0 Å². The molecule has 3 N–H and O–H groups in total. The average Bonchev–Trinajstić information content (AvgIpc) is 2.29. The van der Waals surface area contributed by atoms with E-state index in [1.807, 2.05) is 19.1 Å². The van der Waals surface area contributed by atoms with Gasteiger partial charge in [0.1, 0.15) is 11.6 Å². The molecule has 0 atom stereocenters. The summed E-state index contributed by atoms with van der Waals surface area (Å²) in [6.45, 7) is 1.82. The summed E-state index contributed by atoms with van der Waals surface area (Å²) in [6.07, 6.45) is 3.45. The minimum absolute atomic E-state index is 0.606. The predicted molar refractivity (Wildman–Crippen MR) is 57.8 cm³/mol. The molecule has 0 aliphatic heterocycles. The lowest BCUT2D eigenvalue weighted by Gasteiger charge is -2.04. The average molecular weight is 201 g/mol. The van der Waals surface area contributed by atoms with Gasteiger partial charge in [0.05, 0.1) is 5.69 Å². The molecule has 15 heavy (non-hydrogen) atoms. The number of aryl methyl sites for hydroxylation is 1. The Bertz CT molecular complexity index is 455. The van der Waals surface area contributed by atoms with Crippen molar-refractivity contribution < 1.29 is 0 Å². The zero-order chi connectivity index (χ0) is 10.7. The number of hydrogen-bond acceptors (Lipinski definition) is 5. The van der Waals surface area contributed by atoms with Crippen molar-refractivity contribution in [2.75, 3.05) is 5.43 Å². The molecule has 2 aromatic heterocycles. The monoisotopic (exact) mass is 201 g/mol. The molecule has 0 unspecified atom stereocenters. The molecule has 76 valence electrons. The van der Waals surface area contributed by atoms with Crippen LogP contribution in [0.2, 0.25) is 0 Å². The number of nitrogens with zero attached hydrogens (tertiary/aromatic N) is 3. The van der Waals surface area contributed by atoms with Gasteiger partial charge in [-0.05, 0) is 19.1 Å². The van der Waals surface area contributed by atoms with E-state index in [2.05, 4.69) is 20.4 Å². The van der Waals surface area contributed by atoms with Gasteiger partial charge in [0, 0.05) is 24.0 Å². The number of pyridine rings is 1. The molecule has 2 heterocycles. The van der Waals surface area contributed by atoms with Crippen LogP contribution < -0.4 is 11.3 Å². The molecule has 0 aromatic carbocycles. The highest BCUT2D eigenvalue weighted by molar-refractivity contribution is 5.61. The second-order valence-electron chi connectivity index (χ2n) is 3.07. The molecule has 0 radical (unpaired) electrons. The van der Waals surface area contributed by atoms with Gasteiger partial charge in [-0.1, -0.05) is 0 Å². The second-order valence-corrected chi connectivity index (χ2v) is 3.07. The molecule has 2 rings (SSSR count). The van der Waals surface area contributed by atoms with Crippen molar-refractivity contribution in [3.63, 3.8) is 0 Å². The quantitative estimate of drug-likeness (QED) is 0.562. The van der Waals surface area contributed by atoms with Crippen LogP contribution in [-0.2, 0) is 0 Å². The van der Waals surface area contributed by atoms with Crippen LogP contribution in [0.15, 0.2) is 30.6 Å². The summed E-state index contributed by atoms with van der Waals surface area (Å²) < 4.78 is 0. The topological polar surface area (TPSA) is 76.7 Å². The maximum Gasteiger partial charge on any atom is 0.144 e. The third-order valence-corrected chi connectivity index (χ3v) is 1.96. The van der Waals surface area contributed by atoms with Gasteiger partial charge in [-0.2, -0.15) is 0 Å². The van der Waals surface area contributed by atoms with Crippen molar-refractivity contribution in [3.05, 3.63) is 36.4 Å². The predicted octanol–water partition coefficient (Wildman–Crippen LogP) is 1.13. The van der Waals surface area contributed by atoms with Crippen LogP contribution in [0.3, 0.4) is 0 Å². The molecule has 5 nitrogen and oxygen atoms in total. The number of anilines is 1. The van der Waals surface area contributed by atoms with Crippen LogP contribution >= 0.6 is 0 Å². The lowest BCUT2D eigenvalue weighted by Crippen LogP contribution is -2.09. The highest BCUT2D eigenvalue weighted by Crippen LogP contribution is 2.18. The van der Waals surface area contributed by atoms with Crippen LogP contribution in [-0.4, -0.2) is 15.0 Å². The summed E-state index contributed by atoms with van der Waals surface area (Å²) in [7, 11) is 0. The van der Waals surface area contributed by atoms with E-state index < -0.39 is 0 Å². The van der Waals surface area contributed by atoms with E-state index in [1.54, 1.807) is 18.5 Å². The molecular weight excluding hydrogens is 190 g/mol. The van der Waals surface area contributed by atoms with E-state index in [4.69, 9.17) is 5.84 Å². The van der Waals surface area contributed by atoms with Crippen LogP contribution in [0, 0.1) is 6.92 Å². The van der Waals surface area contributed by atoms with Gasteiger partial charge < -0.3 is 5.43 Å². The van der Waals surface area contributed by atoms with Crippen LogP contribution in [0.1, 0.15) is 5.82 Å². The standard InChI is InChI=1S/C10H11N5/c1-7-13-9(6-10(14-7)15-11)8-2-4-12-5-3-8/h2-6H,11H2,1H3,(H,13,14,15). The normalized spacial score (nSPS) is 10.0. The van der Waals surface area contributed by atoms with E-state index in [9.17, 15) is 0 Å². The van der Waals surface area contributed by atoms with Crippen LogP contribution in [0.25, 0.3) is 11.3 Å². The van der Waals surface area contributed by atoms with E-state index in [0.29, 0.717) is 11.6 Å². The minimum atomic E-state index is 0.606. The summed E-state index contributed by atoms with van der Waals surface area (Å²) in [5.74, 6) is 6.60. The Morgan fingerprint density at radius 1 is 1.20 bits per heavy atom. The number of nitrogen functional groups attached to an aromatic ring is 1. The lowest BCUT2D eigenvalue weighted by atomic mass is 10.2. The Hall–Kier alpha value is -2.01. The zero-order valence-corrected chi connectivity index (χ0v) is 8.31. The highest BCUT2D eigenvalue weighted by Gasteiger charge is 2.02. The van der Waals surface area contributed by atoms with Crippen molar-refractivity contribution in [3.8, 4) is 11.3 Å². The zero-order valence-electron chi connectivity index (χ0n) is 8.31. The molecule has 0 amide bonds. The highest BCUT2D eigenvalue weighted by atomic mass is 15.3. The molecule has 0 bridgehead atoms. The molecule has 0 aliphatic rings. The minimum Gasteiger partial charge on any atom is -0.308 e. The molecule has 0 saturated heterocycles. The van der Waals surface area contributed by atoms with Crippen molar-refractivity contribution in [2.45, 2.75) is 6.92 Å². The maximum atomic E-state index is 5.31. The van der Waals surface area contributed by atoms with Gasteiger partial charge in [-0.15, -0.1) is 0 Å². The number of hydrazine groups is 1. The Kier molecular flexibility index (Phi) is 2.55. The number of rotatable bonds is 2. The Balaban J connectivity index is 2.49. The number of nitrogens with two attached hydrogens (primary N) is 1. The fourth-order valence-corrected chi connectivity index (χ4v) is 1.31. The maximum absolute atomic E-state index is 5.31. The Morgan fingerprint density at radius 2 is 1.93 bits per heavy atom. The van der Waals surface area contributed by atoms with Gasteiger partial charge in [-0.25, -0.2) is 15.8 Å². The number of hydrogen-bond donors (Lipinski definition) is 2.